The minimum absolute atomic E-state index is 0.0776. The Morgan fingerprint density at radius 3 is 1.34 bits per heavy atom. The van der Waals surface area contributed by atoms with E-state index in [0.717, 1.165) is 44.8 Å². The molecule has 6 rings (SSSR count). The third kappa shape index (κ3) is 5.01. The van der Waals surface area contributed by atoms with Crippen LogP contribution >= 0.6 is 0 Å². The molecular weight excluding hydrogens is 476 g/mol. The fourth-order valence-corrected chi connectivity index (χ4v) is 4.28. The Kier molecular flexibility index (Phi) is 6.11. The van der Waals surface area contributed by atoms with Gasteiger partial charge in [0.2, 0.25) is 11.8 Å². The van der Waals surface area contributed by atoms with Gasteiger partial charge in [-0.1, -0.05) is 24.3 Å². The Labute approximate surface area is 218 Å². The number of aromatic amines is 2. The first-order valence-corrected chi connectivity index (χ1v) is 12.3. The van der Waals surface area contributed by atoms with Crippen molar-refractivity contribution in [2.45, 2.75) is 12.8 Å². The van der Waals surface area contributed by atoms with E-state index in [0.29, 0.717) is 11.4 Å². The largest absolute Gasteiger partial charge is 0.338 e. The van der Waals surface area contributed by atoms with Crippen molar-refractivity contribution in [2.75, 3.05) is 10.6 Å². The molecular formula is C30H24N6O2. The summed E-state index contributed by atoms with van der Waals surface area (Å²) in [6, 6.07) is 30.6. The first kappa shape index (κ1) is 23.2. The summed E-state index contributed by atoms with van der Waals surface area (Å²) in [5, 5.41) is 5.69. The fourth-order valence-electron chi connectivity index (χ4n) is 4.28. The van der Waals surface area contributed by atoms with E-state index in [1.54, 1.807) is 0 Å². The van der Waals surface area contributed by atoms with Crippen molar-refractivity contribution in [1.29, 1.82) is 0 Å². The Hall–Kier alpha value is -5.24. The third-order valence-electron chi connectivity index (χ3n) is 6.24. The highest BCUT2D eigenvalue weighted by atomic mass is 16.2. The summed E-state index contributed by atoms with van der Waals surface area (Å²) in [7, 11) is 0. The van der Waals surface area contributed by atoms with Gasteiger partial charge in [0.1, 0.15) is 11.6 Å². The maximum absolute atomic E-state index is 12.4. The second-order valence-electron chi connectivity index (χ2n) is 8.96. The van der Waals surface area contributed by atoms with Crippen LogP contribution in [0.15, 0.2) is 97.1 Å². The molecule has 186 valence electrons. The number of hydrogen-bond acceptors (Lipinski definition) is 4. The number of para-hydroxylation sites is 4. The summed E-state index contributed by atoms with van der Waals surface area (Å²) in [6.45, 7) is 0. The number of amides is 2. The summed E-state index contributed by atoms with van der Waals surface area (Å²) in [6.07, 6.45) is 0.155. The molecule has 0 radical (unpaired) electrons. The van der Waals surface area contributed by atoms with Crippen LogP contribution in [0, 0.1) is 0 Å². The molecule has 8 heteroatoms. The highest BCUT2D eigenvalue weighted by Crippen LogP contribution is 2.23. The van der Waals surface area contributed by atoms with Gasteiger partial charge < -0.3 is 20.6 Å². The molecule has 2 heterocycles. The molecule has 0 saturated heterocycles. The minimum Gasteiger partial charge on any atom is -0.338 e. The molecule has 0 bridgehead atoms. The summed E-state index contributed by atoms with van der Waals surface area (Å²) < 4.78 is 0. The van der Waals surface area contributed by atoms with Gasteiger partial charge in [0.15, 0.2) is 0 Å². The highest BCUT2D eigenvalue weighted by Gasteiger charge is 2.10. The van der Waals surface area contributed by atoms with Gasteiger partial charge in [-0.3, -0.25) is 9.59 Å². The van der Waals surface area contributed by atoms with Crippen LogP contribution in [0.2, 0.25) is 0 Å². The number of hydrogen-bond donors (Lipinski definition) is 4. The van der Waals surface area contributed by atoms with Crippen molar-refractivity contribution in [1.82, 2.24) is 19.9 Å². The van der Waals surface area contributed by atoms with Crippen LogP contribution in [-0.2, 0) is 9.59 Å². The number of carbonyl (C=O) groups excluding carboxylic acids is 2. The first-order chi connectivity index (χ1) is 18.6. The summed E-state index contributed by atoms with van der Waals surface area (Å²) in [5.74, 6) is 1.09. The number of nitrogens with one attached hydrogen (secondary N) is 4. The van der Waals surface area contributed by atoms with Gasteiger partial charge in [-0.15, -0.1) is 0 Å². The number of rotatable bonds is 7. The number of fused-ring (bicyclic) bond motifs is 2. The Bertz CT molecular complexity index is 1550. The van der Waals surface area contributed by atoms with E-state index in [4.69, 9.17) is 0 Å². The summed E-state index contributed by atoms with van der Waals surface area (Å²) in [5.41, 5.74) is 6.92. The predicted molar refractivity (Wildman–Crippen MR) is 150 cm³/mol. The molecule has 0 unspecified atom stereocenters. The van der Waals surface area contributed by atoms with Crippen molar-refractivity contribution in [2.24, 2.45) is 0 Å². The average molecular weight is 501 g/mol. The van der Waals surface area contributed by atoms with Crippen molar-refractivity contribution >= 4 is 45.3 Å². The summed E-state index contributed by atoms with van der Waals surface area (Å²) >= 11 is 0. The molecule has 0 saturated carbocycles. The van der Waals surface area contributed by atoms with Crippen molar-refractivity contribution < 1.29 is 9.59 Å². The van der Waals surface area contributed by atoms with Gasteiger partial charge in [-0.2, -0.15) is 0 Å². The number of nitrogens with zero attached hydrogens (tertiary/aromatic N) is 2. The Balaban J connectivity index is 1.000. The zero-order valence-corrected chi connectivity index (χ0v) is 20.4. The molecule has 0 atom stereocenters. The number of imidazole rings is 2. The van der Waals surface area contributed by atoms with Crippen LogP contribution in [0.3, 0.4) is 0 Å². The van der Waals surface area contributed by atoms with Crippen molar-refractivity contribution in [3.8, 4) is 22.8 Å². The van der Waals surface area contributed by atoms with E-state index in [1.807, 2.05) is 97.1 Å². The molecule has 4 N–H and O–H groups in total. The molecule has 8 nitrogen and oxygen atoms in total. The molecule has 38 heavy (non-hydrogen) atoms. The molecule has 0 aliphatic heterocycles. The minimum atomic E-state index is -0.225. The van der Waals surface area contributed by atoms with E-state index < -0.39 is 0 Å². The van der Waals surface area contributed by atoms with Gasteiger partial charge in [0, 0.05) is 35.3 Å². The zero-order valence-electron chi connectivity index (χ0n) is 20.4. The van der Waals surface area contributed by atoms with Crippen LogP contribution in [-0.4, -0.2) is 31.8 Å². The lowest BCUT2D eigenvalue weighted by atomic mass is 10.2. The maximum Gasteiger partial charge on any atom is 0.224 e. The van der Waals surface area contributed by atoms with Gasteiger partial charge in [0.25, 0.3) is 0 Å². The smallest absolute Gasteiger partial charge is 0.224 e. The molecule has 0 spiro atoms. The zero-order chi connectivity index (χ0) is 25.9. The molecule has 0 aliphatic carbocycles. The Morgan fingerprint density at radius 1 is 0.553 bits per heavy atom. The van der Waals surface area contributed by atoms with Gasteiger partial charge in [-0.05, 0) is 72.8 Å². The van der Waals surface area contributed by atoms with Gasteiger partial charge in [0.05, 0.1) is 22.1 Å². The van der Waals surface area contributed by atoms with E-state index in [2.05, 4.69) is 30.6 Å². The van der Waals surface area contributed by atoms with Crippen LogP contribution in [0.25, 0.3) is 44.8 Å². The second-order valence-corrected chi connectivity index (χ2v) is 8.96. The van der Waals surface area contributed by atoms with Crippen LogP contribution < -0.4 is 10.6 Å². The van der Waals surface area contributed by atoms with E-state index in [-0.39, 0.29) is 24.7 Å². The number of benzene rings is 4. The van der Waals surface area contributed by atoms with E-state index in [9.17, 15) is 9.59 Å². The molecule has 0 fully saturated rings. The topological polar surface area (TPSA) is 116 Å². The molecule has 0 aliphatic rings. The fraction of sp³-hybridized carbons (Fsp3) is 0.0667. The van der Waals surface area contributed by atoms with E-state index >= 15 is 0 Å². The standard InChI is InChI=1S/C30H24N6O2/c37-27(31-21-13-9-19(10-14-21)29-33-23-5-1-2-6-24(23)34-29)17-18-28(38)32-22-15-11-20(12-16-22)30-35-25-7-3-4-8-26(25)36-30/h1-16H,17-18H2,(H,31,37)(H,32,38)(H,33,34)(H,35,36). The quantitative estimate of drug-likeness (QED) is 0.211. The first-order valence-electron chi connectivity index (χ1n) is 12.3. The average Bonchev–Trinajstić information content (AvgIpc) is 3.57. The molecule has 2 amide bonds. The molecule has 6 aromatic rings. The maximum atomic E-state index is 12.4. The molecule has 4 aromatic carbocycles. The monoisotopic (exact) mass is 500 g/mol. The van der Waals surface area contributed by atoms with Gasteiger partial charge >= 0.3 is 0 Å². The second kappa shape index (κ2) is 10.0. The highest BCUT2D eigenvalue weighted by molar-refractivity contribution is 5.97. The lowest BCUT2D eigenvalue weighted by Crippen LogP contribution is -2.17. The Morgan fingerprint density at radius 2 is 0.947 bits per heavy atom. The van der Waals surface area contributed by atoms with Crippen molar-refractivity contribution in [3.63, 3.8) is 0 Å². The lowest BCUT2D eigenvalue weighted by molar-refractivity contribution is -0.121. The SMILES string of the molecule is O=C(CCC(=O)Nc1ccc(-c2nc3ccccc3[nH]2)cc1)Nc1ccc(-c2nc3ccccc3[nH]2)cc1. The van der Waals surface area contributed by atoms with Gasteiger partial charge in [-0.25, -0.2) is 9.97 Å². The molecule has 2 aromatic heterocycles. The number of carbonyl (C=O) groups is 2. The van der Waals surface area contributed by atoms with E-state index in [1.165, 1.54) is 0 Å². The normalized spacial score (nSPS) is 11.1. The third-order valence-corrected chi connectivity index (χ3v) is 6.24. The van der Waals surface area contributed by atoms with Crippen LogP contribution in [0.5, 0.6) is 0 Å². The number of anilines is 2. The van der Waals surface area contributed by atoms with Crippen LogP contribution in [0.1, 0.15) is 12.8 Å². The van der Waals surface area contributed by atoms with Crippen molar-refractivity contribution in [3.05, 3.63) is 97.1 Å². The number of aromatic nitrogens is 4. The predicted octanol–water partition coefficient (Wildman–Crippen LogP) is 6.13. The lowest BCUT2D eigenvalue weighted by Gasteiger charge is -2.08. The van der Waals surface area contributed by atoms with Crippen LogP contribution in [0.4, 0.5) is 11.4 Å². The summed E-state index contributed by atoms with van der Waals surface area (Å²) in [4.78, 5) is 40.6. The number of H-pyrrole nitrogens is 2.